The molecule has 0 fully saturated rings. The molecule has 0 aliphatic rings. The number of rotatable bonds is 7. The summed E-state index contributed by atoms with van der Waals surface area (Å²) in [5.74, 6) is 7.85. The standard InChI is InChI=1S/C12H22N4S/c1-4-6-10-7-11(16-13)15-12(14-10)8-17-9(3)5-2/h7,9H,4-6,8,13H2,1-3H3,(H,14,15,16). The number of nitrogens with zero attached hydrogens (tertiary/aromatic N) is 2. The van der Waals surface area contributed by atoms with Crippen molar-refractivity contribution >= 4 is 17.6 Å². The number of nitrogen functional groups attached to an aromatic ring is 1. The first-order valence-electron chi connectivity index (χ1n) is 6.14. The highest BCUT2D eigenvalue weighted by Gasteiger charge is 2.06. The molecule has 1 aromatic heterocycles. The second-order valence-electron chi connectivity index (χ2n) is 4.08. The summed E-state index contributed by atoms with van der Waals surface area (Å²) in [5.41, 5.74) is 3.67. The summed E-state index contributed by atoms with van der Waals surface area (Å²) in [6.07, 6.45) is 3.22. The van der Waals surface area contributed by atoms with E-state index in [2.05, 4.69) is 36.2 Å². The van der Waals surface area contributed by atoms with Crippen molar-refractivity contribution < 1.29 is 0 Å². The van der Waals surface area contributed by atoms with Gasteiger partial charge in [0.15, 0.2) is 0 Å². The van der Waals surface area contributed by atoms with Gasteiger partial charge in [-0.25, -0.2) is 15.8 Å². The normalized spacial score (nSPS) is 12.5. The Hall–Kier alpha value is -0.810. The molecule has 0 spiro atoms. The molecule has 0 aromatic carbocycles. The number of hydrogen-bond donors (Lipinski definition) is 2. The van der Waals surface area contributed by atoms with Gasteiger partial charge in [0.25, 0.3) is 0 Å². The monoisotopic (exact) mass is 254 g/mol. The molecule has 4 nitrogen and oxygen atoms in total. The van der Waals surface area contributed by atoms with Gasteiger partial charge in [0.1, 0.15) is 11.6 Å². The number of anilines is 1. The fourth-order valence-corrected chi connectivity index (χ4v) is 2.21. The zero-order valence-electron chi connectivity index (χ0n) is 10.9. The van der Waals surface area contributed by atoms with E-state index in [1.54, 1.807) is 0 Å². The van der Waals surface area contributed by atoms with Gasteiger partial charge < -0.3 is 5.43 Å². The van der Waals surface area contributed by atoms with E-state index in [4.69, 9.17) is 5.84 Å². The van der Waals surface area contributed by atoms with E-state index in [0.29, 0.717) is 11.1 Å². The van der Waals surface area contributed by atoms with Crippen LogP contribution >= 0.6 is 11.8 Å². The van der Waals surface area contributed by atoms with Crippen molar-refractivity contribution in [3.05, 3.63) is 17.6 Å². The number of aromatic nitrogens is 2. The molecule has 1 aromatic rings. The molecule has 1 unspecified atom stereocenters. The van der Waals surface area contributed by atoms with E-state index in [1.165, 1.54) is 6.42 Å². The maximum Gasteiger partial charge on any atom is 0.143 e. The lowest BCUT2D eigenvalue weighted by atomic mass is 10.2. The number of hydrogen-bond acceptors (Lipinski definition) is 5. The number of nitrogens with one attached hydrogen (secondary N) is 1. The third-order valence-electron chi connectivity index (χ3n) is 2.55. The zero-order valence-corrected chi connectivity index (χ0v) is 11.7. The van der Waals surface area contributed by atoms with Crippen LogP contribution in [0.3, 0.4) is 0 Å². The van der Waals surface area contributed by atoms with Gasteiger partial charge in [-0.15, -0.1) is 0 Å². The maximum absolute atomic E-state index is 5.42. The number of hydrazine groups is 1. The summed E-state index contributed by atoms with van der Waals surface area (Å²) in [5, 5.41) is 0.641. The van der Waals surface area contributed by atoms with Crippen LogP contribution in [0.2, 0.25) is 0 Å². The average Bonchev–Trinajstić information content (AvgIpc) is 2.36. The molecule has 1 heterocycles. The van der Waals surface area contributed by atoms with E-state index < -0.39 is 0 Å². The Labute approximate surface area is 108 Å². The quantitative estimate of drug-likeness (QED) is 0.578. The molecule has 0 bridgehead atoms. The van der Waals surface area contributed by atoms with Gasteiger partial charge >= 0.3 is 0 Å². The lowest BCUT2D eigenvalue weighted by molar-refractivity contribution is 0.851. The Morgan fingerprint density at radius 2 is 2.18 bits per heavy atom. The largest absolute Gasteiger partial charge is 0.308 e. The van der Waals surface area contributed by atoms with Gasteiger partial charge in [-0.1, -0.05) is 27.2 Å². The van der Waals surface area contributed by atoms with Gasteiger partial charge in [0, 0.05) is 17.0 Å². The Kier molecular flexibility index (Phi) is 6.29. The molecule has 0 aliphatic heterocycles. The second kappa shape index (κ2) is 7.50. The van der Waals surface area contributed by atoms with Crippen molar-refractivity contribution in [2.45, 2.75) is 51.0 Å². The zero-order chi connectivity index (χ0) is 12.7. The van der Waals surface area contributed by atoms with Gasteiger partial charge in [0.05, 0.1) is 5.75 Å². The van der Waals surface area contributed by atoms with Crippen LogP contribution in [0.1, 0.15) is 45.1 Å². The molecule has 0 amide bonds. The summed E-state index contributed by atoms with van der Waals surface area (Å²) in [6.45, 7) is 6.56. The van der Waals surface area contributed by atoms with Crippen LogP contribution in [-0.4, -0.2) is 15.2 Å². The predicted octanol–water partition coefficient (Wildman–Crippen LogP) is 2.75. The maximum atomic E-state index is 5.42. The highest BCUT2D eigenvalue weighted by molar-refractivity contribution is 7.99. The molecular weight excluding hydrogens is 232 g/mol. The minimum absolute atomic E-state index is 0.641. The van der Waals surface area contributed by atoms with Crippen molar-refractivity contribution in [2.24, 2.45) is 5.84 Å². The van der Waals surface area contributed by atoms with Gasteiger partial charge in [-0.2, -0.15) is 11.8 Å². The minimum atomic E-state index is 0.641. The molecule has 0 radical (unpaired) electrons. The van der Waals surface area contributed by atoms with Crippen LogP contribution in [0.25, 0.3) is 0 Å². The van der Waals surface area contributed by atoms with E-state index in [-0.39, 0.29) is 0 Å². The molecule has 17 heavy (non-hydrogen) atoms. The first kappa shape index (κ1) is 14.3. The first-order valence-corrected chi connectivity index (χ1v) is 7.19. The summed E-state index contributed by atoms with van der Waals surface area (Å²) in [4.78, 5) is 8.92. The first-order chi connectivity index (χ1) is 8.19. The molecule has 1 rings (SSSR count). The van der Waals surface area contributed by atoms with Crippen LogP contribution in [0, 0.1) is 0 Å². The topological polar surface area (TPSA) is 63.8 Å². The Bertz CT molecular complexity index is 343. The van der Waals surface area contributed by atoms with Crippen molar-refractivity contribution in [1.82, 2.24) is 9.97 Å². The smallest absolute Gasteiger partial charge is 0.143 e. The summed E-state index contributed by atoms with van der Waals surface area (Å²) >= 11 is 1.88. The molecule has 1 atom stereocenters. The third kappa shape index (κ3) is 4.91. The van der Waals surface area contributed by atoms with E-state index in [0.717, 1.165) is 30.1 Å². The summed E-state index contributed by atoms with van der Waals surface area (Å²) in [6, 6.07) is 1.92. The van der Waals surface area contributed by atoms with Crippen molar-refractivity contribution in [3.63, 3.8) is 0 Å². The number of nitrogens with two attached hydrogens (primary N) is 1. The molecule has 5 heteroatoms. The SMILES string of the molecule is CCCc1cc(NN)nc(CSC(C)CC)n1. The highest BCUT2D eigenvalue weighted by Crippen LogP contribution is 2.19. The van der Waals surface area contributed by atoms with E-state index in [9.17, 15) is 0 Å². The molecule has 0 saturated heterocycles. The minimum Gasteiger partial charge on any atom is -0.308 e. The highest BCUT2D eigenvalue weighted by atomic mass is 32.2. The van der Waals surface area contributed by atoms with Crippen LogP contribution < -0.4 is 11.3 Å². The molecular formula is C12H22N4S. The Morgan fingerprint density at radius 1 is 1.41 bits per heavy atom. The third-order valence-corrected chi connectivity index (χ3v) is 3.88. The lowest BCUT2D eigenvalue weighted by Crippen LogP contribution is -2.11. The van der Waals surface area contributed by atoms with Crippen LogP contribution in [0.5, 0.6) is 0 Å². The summed E-state index contributed by atoms with van der Waals surface area (Å²) in [7, 11) is 0. The Balaban J connectivity index is 2.72. The van der Waals surface area contributed by atoms with E-state index in [1.807, 2.05) is 17.8 Å². The predicted molar refractivity (Wildman–Crippen MR) is 74.9 cm³/mol. The fourth-order valence-electron chi connectivity index (χ4n) is 1.41. The molecule has 96 valence electrons. The Morgan fingerprint density at radius 3 is 2.76 bits per heavy atom. The molecule has 3 N–H and O–H groups in total. The number of aryl methyl sites for hydroxylation is 1. The number of thioether (sulfide) groups is 1. The van der Waals surface area contributed by atoms with Crippen molar-refractivity contribution in [2.75, 3.05) is 5.43 Å². The fraction of sp³-hybridized carbons (Fsp3) is 0.667. The average molecular weight is 254 g/mol. The second-order valence-corrected chi connectivity index (χ2v) is 5.51. The molecule has 0 aliphatic carbocycles. The summed E-state index contributed by atoms with van der Waals surface area (Å²) < 4.78 is 0. The van der Waals surface area contributed by atoms with Gasteiger partial charge in [0.2, 0.25) is 0 Å². The van der Waals surface area contributed by atoms with E-state index >= 15 is 0 Å². The van der Waals surface area contributed by atoms with Crippen molar-refractivity contribution in [3.8, 4) is 0 Å². The lowest BCUT2D eigenvalue weighted by Gasteiger charge is -2.09. The van der Waals surface area contributed by atoms with Gasteiger partial charge in [-0.05, 0) is 12.8 Å². The molecule has 0 saturated carbocycles. The van der Waals surface area contributed by atoms with Gasteiger partial charge in [-0.3, -0.25) is 0 Å². The van der Waals surface area contributed by atoms with Crippen LogP contribution in [-0.2, 0) is 12.2 Å². The van der Waals surface area contributed by atoms with Crippen molar-refractivity contribution in [1.29, 1.82) is 0 Å². The van der Waals surface area contributed by atoms with Crippen LogP contribution in [0.4, 0.5) is 5.82 Å². The van der Waals surface area contributed by atoms with Crippen LogP contribution in [0.15, 0.2) is 6.07 Å².